The van der Waals surface area contributed by atoms with Crippen LogP contribution in [0.1, 0.15) is 19.8 Å². The lowest BCUT2D eigenvalue weighted by Gasteiger charge is -2.30. The number of thioether (sulfide) groups is 2. The van der Waals surface area contributed by atoms with Crippen molar-refractivity contribution in [2.75, 3.05) is 37.0 Å². The van der Waals surface area contributed by atoms with Gasteiger partial charge in [0.1, 0.15) is 0 Å². The van der Waals surface area contributed by atoms with Crippen LogP contribution in [0.25, 0.3) is 0 Å². The third-order valence-corrected chi connectivity index (χ3v) is 6.37. The van der Waals surface area contributed by atoms with E-state index in [1.165, 1.54) is 36.6 Å². The van der Waals surface area contributed by atoms with E-state index in [1.54, 1.807) is 0 Å². The van der Waals surface area contributed by atoms with Gasteiger partial charge in [0.15, 0.2) is 0 Å². The molecule has 2 unspecified atom stereocenters. The van der Waals surface area contributed by atoms with Crippen LogP contribution in [0, 0.1) is 5.92 Å². The molecule has 2 fully saturated rings. The van der Waals surface area contributed by atoms with Crippen LogP contribution in [0.5, 0.6) is 0 Å². The molecule has 0 amide bonds. The maximum atomic E-state index is 5.41. The molecule has 0 radical (unpaired) electrons. The van der Waals surface area contributed by atoms with Gasteiger partial charge < -0.3 is 10.1 Å². The maximum absolute atomic E-state index is 5.41. The van der Waals surface area contributed by atoms with Gasteiger partial charge in [-0.3, -0.25) is 0 Å². The molecule has 16 heavy (non-hydrogen) atoms. The Morgan fingerprint density at radius 3 is 2.81 bits per heavy atom. The van der Waals surface area contributed by atoms with Gasteiger partial charge in [-0.25, -0.2) is 0 Å². The molecule has 2 rings (SSSR count). The molecule has 0 aliphatic carbocycles. The highest BCUT2D eigenvalue weighted by molar-refractivity contribution is 8.06. The Morgan fingerprint density at radius 1 is 1.31 bits per heavy atom. The molecule has 2 nitrogen and oxygen atoms in total. The highest BCUT2D eigenvalue weighted by Gasteiger charge is 2.21. The quantitative estimate of drug-likeness (QED) is 0.837. The number of nitrogens with one attached hydrogen (secondary N) is 1. The Morgan fingerprint density at radius 2 is 2.12 bits per heavy atom. The fourth-order valence-corrected chi connectivity index (χ4v) is 4.98. The Labute approximate surface area is 108 Å². The zero-order chi connectivity index (χ0) is 11.2. The van der Waals surface area contributed by atoms with Gasteiger partial charge in [-0.1, -0.05) is 0 Å². The molecule has 2 aliphatic rings. The number of ether oxygens (including phenoxy) is 1. The maximum Gasteiger partial charge on any atom is 0.0469 e. The molecule has 4 heteroatoms. The molecule has 0 aromatic heterocycles. The first-order valence-electron chi connectivity index (χ1n) is 6.36. The van der Waals surface area contributed by atoms with E-state index >= 15 is 0 Å². The third-order valence-electron chi connectivity index (χ3n) is 3.53. The van der Waals surface area contributed by atoms with E-state index in [0.717, 1.165) is 24.4 Å². The van der Waals surface area contributed by atoms with Crippen molar-refractivity contribution in [3.63, 3.8) is 0 Å². The van der Waals surface area contributed by atoms with Crippen molar-refractivity contribution in [1.82, 2.24) is 5.32 Å². The van der Waals surface area contributed by atoms with Crippen molar-refractivity contribution < 1.29 is 4.74 Å². The number of hydrogen-bond acceptors (Lipinski definition) is 4. The number of hydrogen-bond donors (Lipinski definition) is 1. The molecule has 2 saturated heterocycles. The zero-order valence-electron chi connectivity index (χ0n) is 10.1. The van der Waals surface area contributed by atoms with Crippen molar-refractivity contribution in [3.8, 4) is 0 Å². The van der Waals surface area contributed by atoms with E-state index in [-0.39, 0.29) is 0 Å². The Kier molecular flexibility index (Phi) is 5.83. The van der Waals surface area contributed by atoms with Crippen LogP contribution in [0.3, 0.4) is 0 Å². The van der Waals surface area contributed by atoms with Gasteiger partial charge in [-0.05, 0) is 25.7 Å². The average molecular weight is 261 g/mol. The molecule has 0 spiro atoms. The Bertz CT molecular complexity index is 191. The van der Waals surface area contributed by atoms with Gasteiger partial charge in [0.05, 0.1) is 0 Å². The van der Waals surface area contributed by atoms with Gasteiger partial charge >= 0.3 is 0 Å². The second kappa shape index (κ2) is 7.14. The minimum atomic E-state index is 0.663. The van der Waals surface area contributed by atoms with Crippen molar-refractivity contribution in [2.45, 2.75) is 31.1 Å². The number of rotatable bonds is 4. The van der Waals surface area contributed by atoms with Crippen LogP contribution in [-0.4, -0.2) is 48.3 Å². The van der Waals surface area contributed by atoms with Crippen LogP contribution in [0.4, 0.5) is 0 Å². The second-order valence-corrected chi connectivity index (χ2v) is 7.27. The summed E-state index contributed by atoms with van der Waals surface area (Å²) >= 11 is 4.25. The van der Waals surface area contributed by atoms with Crippen LogP contribution >= 0.6 is 23.5 Å². The van der Waals surface area contributed by atoms with Crippen molar-refractivity contribution >= 4 is 23.5 Å². The van der Waals surface area contributed by atoms with Gasteiger partial charge in [-0.2, -0.15) is 23.5 Å². The summed E-state index contributed by atoms with van der Waals surface area (Å²) in [4.78, 5) is 0. The fourth-order valence-electron chi connectivity index (χ4n) is 2.35. The smallest absolute Gasteiger partial charge is 0.0469 e. The minimum Gasteiger partial charge on any atom is -0.381 e. The van der Waals surface area contributed by atoms with E-state index in [2.05, 4.69) is 35.8 Å². The van der Waals surface area contributed by atoms with Crippen molar-refractivity contribution in [2.24, 2.45) is 5.92 Å². The molecule has 0 bridgehead atoms. The highest BCUT2D eigenvalue weighted by Crippen LogP contribution is 2.24. The molecule has 0 aromatic carbocycles. The molecule has 0 saturated carbocycles. The fraction of sp³-hybridized carbons (Fsp3) is 1.00. The van der Waals surface area contributed by atoms with E-state index in [9.17, 15) is 0 Å². The first kappa shape index (κ1) is 13.1. The SMILES string of the molecule is CC(NCC1CSCCS1)C1CCOCC1. The van der Waals surface area contributed by atoms with Crippen LogP contribution in [0.15, 0.2) is 0 Å². The van der Waals surface area contributed by atoms with Gasteiger partial charge in [0, 0.05) is 48.3 Å². The Balaban J connectivity index is 1.63. The second-order valence-electron chi connectivity index (χ2n) is 4.71. The summed E-state index contributed by atoms with van der Waals surface area (Å²) in [5, 5.41) is 4.57. The summed E-state index contributed by atoms with van der Waals surface area (Å²) in [5.41, 5.74) is 0. The first-order chi connectivity index (χ1) is 7.86. The molecule has 2 aliphatic heterocycles. The average Bonchev–Trinajstić information content (AvgIpc) is 2.38. The molecule has 94 valence electrons. The Hall–Kier alpha value is 0.620. The first-order valence-corrected chi connectivity index (χ1v) is 8.57. The van der Waals surface area contributed by atoms with E-state index < -0.39 is 0 Å². The topological polar surface area (TPSA) is 21.3 Å². The van der Waals surface area contributed by atoms with E-state index in [4.69, 9.17) is 4.74 Å². The minimum absolute atomic E-state index is 0.663. The molecule has 0 aromatic rings. The molecular formula is C12H23NOS2. The van der Waals surface area contributed by atoms with Crippen molar-refractivity contribution in [1.29, 1.82) is 0 Å². The summed E-state index contributed by atoms with van der Waals surface area (Å²) in [6.07, 6.45) is 2.47. The summed E-state index contributed by atoms with van der Waals surface area (Å²) in [5.74, 6) is 4.84. The van der Waals surface area contributed by atoms with Gasteiger partial charge in [0.25, 0.3) is 0 Å². The molecule has 2 atom stereocenters. The largest absolute Gasteiger partial charge is 0.381 e. The summed E-state index contributed by atoms with van der Waals surface area (Å²) in [7, 11) is 0. The van der Waals surface area contributed by atoms with Gasteiger partial charge in [-0.15, -0.1) is 0 Å². The highest BCUT2D eigenvalue weighted by atomic mass is 32.2. The summed E-state index contributed by atoms with van der Waals surface area (Å²) < 4.78 is 5.41. The van der Waals surface area contributed by atoms with Gasteiger partial charge in [0.2, 0.25) is 0 Å². The predicted molar refractivity (Wildman–Crippen MR) is 74.6 cm³/mol. The predicted octanol–water partition coefficient (Wildman–Crippen LogP) is 2.24. The lowest BCUT2D eigenvalue weighted by Crippen LogP contribution is -2.40. The lowest BCUT2D eigenvalue weighted by atomic mass is 9.93. The van der Waals surface area contributed by atoms with Crippen LogP contribution < -0.4 is 5.32 Å². The molecule has 2 heterocycles. The third kappa shape index (κ3) is 4.13. The normalized spacial score (nSPS) is 30.2. The van der Waals surface area contributed by atoms with Crippen LogP contribution in [0.2, 0.25) is 0 Å². The zero-order valence-corrected chi connectivity index (χ0v) is 11.7. The molecule has 1 N–H and O–H groups in total. The summed E-state index contributed by atoms with van der Waals surface area (Å²) in [6, 6.07) is 0.663. The van der Waals surface area contributed by atoms with E-state index in [0.29, 0.717) is 6.04 Å². The van der Waals surface area contributed by atoms with E-state index in [1.807, 2.05) is 0 Å². The summed E-state index contributed by atoms with van der Waals surface area (Å²) in [6.45, 7) is 5.46. The molecular weight excluding hydrogens is 238 g/mol. The monoisotopic (exact) mass is 261 g/mol. The lowest BCUT2D eigenvalue weighted by molar-refractivity contribution is 0.0561. The van der Waals surface area contributed by atoms with Crippen LogP contribution in [-0.2, 0) is 4.74 Å². The van der Waals surface area contributed by atoms with Crippen molar-refractivity contribution in [3.05, 3.63) is 0 Å². The standard InChI is InChI=1S/C12H23NOS2/c1-10(11-2-4-14-5-3-11)13-8-12-9-15-6-7-16-12/h10-13H,2-9H2,1H3.